The molecule has 1 N–H and O–H groups in total. The van der Waals surface area contributed by atoms with Gasteiger partial charge in [-0.1, -0.05) is 24.3 Å². The van der Waals surface area contributed by atoms with Crippen LogP contribution in [0.15, 0.2) is 24.3 Å². The smallest absolute Gasteiger partial charge is 0.0716 e. The van der Waals surface area contributed by atoms with E-state index in [1.807, 2.05) is 19.1 Å². The maximum absolute atomic E-state index is 8.56. The maximum Gasteiger partial charge on any atom is 0.0716 e. The maximum atomic E-state index is 8.56. The molecule has 86 valence electrons. The Bertz CT molecular complexity index is 357. The summed E-state index contributed by atoms with van der Waals surface area (Å²) in [5.74, 6) is 0. The molecule has 0 spiro atoms. The van der Waals surface area contributed by atoms with Gasteiger partial charge in [0.1, 0.15) is 0 Å². The molecular formula is C13H18N2O. The van der Waals surface area contributed by atoms with Crippen molar-refractivity contribution in [3.05, 3.63) is 35.4 Å². The fourth-order valence-corrected chi connectivity index (χ4v) is 1.52. The molecule has 0 saturated heterocycles. The van der Waals surface area contributed by atoms with Gasteiger partial charge in [0, 0.05) is 19.7 Å². The van der Waals surface area contributed by atoms with Crippen molar-refractivity contribution in [1.29, 1.82) is 5.26 Å². The minimum Gasteiger partial charge on any atom is -0.380 e. The molecule has 0 radical (unpaired) electrons. The molecule has 0 amide bonds. The van der Waals surface area contributed by atoms with E-state index in [1.165, 1.54) is 11.1 Å². The lowest BCUT2D eigenvalue weighted by Gasteiger charge is -2.13. The molecule has 3 nitrogen and oxygen atoms in total. The van der Waals surface area contributed by atoms with Gasteiger partial charge in [0.15, 0.2) is 0 Å². The standard InChI is InChI=1S/C13H18N2O/c1-11(7-8-14)15-9-12-5-3-4-6-13(12)10-16-2/h3-6,11,15H,7,9-10H2,1-2H3. The van der Waals surface area contributed by atoms with E-state index in [9.17, 15) is 0 Å². The van der Waals surface area contributed by atoms with Gasteiger partial charge >= 0.3 is 0 Å². The second-order valence-corrected chi connectivity index (χ2v) is 3.85. The first-order valence-corrected chi connectivity index (χ1v) is 5.44. The molecule has 0 heterocycles. The summed E-state index contributed by atoms with van der Waals surface area (Å²) >= 11 is 0. The molecule has 0 fully saturated rings. The quantitative estimate of drug-likeness (QED) is 0.796. The molecule has 1 aromatic rings. The van der Waals surface area contributed by atoms with Gasteiger partial charge in [-0.25, -0.2) is 0 Å². The highest BCUT2D eigenvalue weighted by atomic mass is 16.5. The van der Waals surface area contributed by atoms with Crippen molar-refractivity contribution in [3.8, 4) is 6.07 Å². The zero-order valence-corrected chi connectivity index (χ0v) is 9.86. The van der Waals surface area contributed by atoms with Crippen molar-refractivity contribution in [2.24, 2.45) is 0 Å². The predicted molar refractivity (Wildman–Crippen MR) is 63.7 cm³/mol. The topological polar surface area (TPSA) is 45.0 Å². The van der Waals surface area contributed by atoms with Crippen LogP contribution in [0.4, 0.5) is 0 Å². The second kappa shape index (κ2) is 7.00. The highest BCUT2D eigenvalue weighted by Crippen LogP contribution is 2.10. The summed E-state index contributed by atoms with van der Waals surface area (Å²) in [6.07, 6.45) is 0.534. The molecule has 0 aliphatic rings. The van der Waals surface area contributed by atoms with Crippen LogP contribution in [0.25, 0.3) is 0 Å². The van der Waals surface area contributed by atoms with Crippen molar-refractivity contribution >= 4 is 0 Å². The third kappa shape index (κ3) is 4.01. The van der Waals surface area contributed by atoms with E-state index >= 15 is 0 Å². The minimum absolute atomic E-state index is 0.223. The highest BCUT2D eigenvalue weighted by molar-refractivity contribution is 5.26. The molecule has 1 rings (SSSR count). The third-order valence-electron chi connectivity index (χ3n) is 2.46. The van der Waals surface area contributed by atoms with Crippen LogP contribution in [-0.2, 0) is 17.9 Å². The van der Waals surface area contributed by atoms with E-state index < -0.39 is 0 Å². The molecule has 1 unspecified atom stereocenters. The number of methoxy groups -OCH3 is 1. The van der Waals surface area contributed by atoms with Gasteiger partial charge in [-0.05, 0) is 18.1 Å². The van der Waals surface area contributed by atoms with Crippen LogP contribution in [0, 0.1) is 11.3 Å². The van der Waals surface area contributed by atoms with Gasteiger partial charge in [0.05, 0.1) is 19.1 Å². The molecule has 1 atom stereocenters. The Morgan fingerprint density at radius 3 is 2.69 bits per heavy atom. The normalized spacial score (nSPS) is 12.1. The molecule has 1 aromatic carbocycles. The third-order valence-corrected chi connectivity index (χ3v) is 2.46. The second-order valence-electron chi connectivity index (χ2n) is 3.85. The van der Waals surface area contributed by atoms with Crippen LogP contribution in [0.1, 0.15) is 24.5 Å². The Hall–Kier alpha value is -1.37. The van der Waals surface area contributed by atoms with E-state index in [0.29, 0.717) is 13.0 Å². The first kappa shape index (κ1) is 12.7. The van der Waals surface area contributed by atoms with Crippen molar-refractivity contribution in [1.82, 2.24) is 5.32 Å². The number of nitrogens with zero attached hydrogens (tertiary/aromatic N) is 1. The molecule has 0 aliphatic heterocycles. The lowest BCUT2D eigenvalue weighted by atomic mass is 10.1. The number of nitrogens with one attached hydrogen (secondary N) is 1. The van der Waals surface area contributed by atoms with Gasteiger partial charge < -0.3 is 10.1 Å². The van der Waals surface area contributed by atoms with Crippen LogP contribution in [-0.4, -0.2) is 13.2 Å². The van der Waals surface area contributed by atoms with E-state index in [2.05, 4.69) is 23.5 Å². The highest BCUT2D eigenvalue weighted by Gasteiger charge is 2.04. The molecule has 0 aliphatic carbocycles. The SMILES string of the molecule is COCc1ccccc1CNC(C)CC#N. The van der Waals surface area contributed by atoms with Crippen LogP contribution < -0.4 is 5.32 Å². The van der Waals surface area contributed by atoms with Gasteiger partial charge in [-0.2, -0.15) is 5.26 Å². The summed E-state index contributed by atoms with van der Waals surface area (Å²) in [5, 5.41) is 11.9. The Morgan fingerprint density at radius 1 is 1.38 bits per heavy atom. The summed E-state index contributed by atoms with van der Waals surface area (Å²) in [6, 6.07) is 10.6. The van der Waals surface area contributed by atoms with Crippen molar-refractivity contribution < 1.29 is 4.74 Å². The Balaban J connectivity index is 2.56. The van der Waals surface area contributed by atoms with E-state index in [0.717, 1.165) is 6.54 Å². The summed E-state index contributed by atoms with van der Waals surface area (Å²) in [5.41, 5.74) is 2.43. The number of nitriles is 1. The zero-order valence-electron chi connectivity index (χ0n) is 9.86. The Labute approximate surface area is 97.0 Å². The predicted octanol–water partition coefficient (Wildman–Crippen LogP) is 2.22. The summed E-state index contributed by atoms with van der Waals surface area (Å²) in [6.45, 7) is 3.43. The van der Waals surface area contributed by atoms with Crippen molar-refractivity contribution in [3.63, 3.8) is 0 Å². The monoisotopic (exact) mass is 218 g/mol. The fourth-order valence-electron chi connectivity index (χ4n) is 1.52. The van der Waals surface area contributed by atoms with Crippen LogP contribution in [0.2, 0.25) is 0 Å². The number of hydrogen-bond acceptors (Lipinski definition) is 3. The fraction of sp³-hybridized carbons (Fsp3) is 0.462. The number of rotatable bonds is 6. The van der Waals surface area contributed by atoms with Crippen molar-refractivity contribution in [2.75, 3.05) is 7.11 Å². The number of benzene rings is 1. The van der Waals surface area contributed by atoms with Crippen molar-refractivity contribution in [2.45, 2.75) is 32.5 Å². The first-order chi connectivity index (χ1) is 7.77. The summed E-state index contributed by atoms with van der Waals surface area (Å²) in [7, 11) is 1.70. The molecule has 0 aromatic heterocycles. The minimum atomic E-state index is 0.223. The first-order valence-electron chi connectivity index (χ1n) is 5.44. The Kier molecular flexibility index (Phi) is 5.55. The zero-order chi connectivity index (χ0) is 11.8. The Morgan fingerprint density at radius 2 is 2.06 bits per heavy atom. The largest absolute Gasteiger partial charge is 0.380 e. The van der Waals surface area contributed by atoms with E-state index in [4.69, 9.17) is 10.00 Å². The van der Waals surface area contributed by atoms with Gasteiger partial charge in [0.2, 0.25) is 0 Å². The van der Waals surface area contributed by atoms with Gasteiger partial charge in [0.25, 0.3) is 0 Å². The van der Waals surface area contributed by atoms with E-state index in [1.54, 1.807) is 7.11 Å². The molecule has 0 saturated carbocycles. The molecular weight excluding hydrogens is 200 g/mol. The molecule has 0 bridgehead atoms. The molecule has 3 heteroatoms. The van der Waals surface area contributed by atoms with Gasteiger partial charge in [-0.15, -0.1) is 0 Å². The lowest BCUT2D eigenvalue weighted by molar-refractivity contribution is 0.184. The van der Waals surface area contributed by atoms with Crippen LogP contribution in [0.3, 0.4) is 0 Å². The van der Waals surface area contributed by atoms with Crippen LogP contribution in [0.5, 0.6) is 0 Å². The molecule has 16 heavy (non-hydrogen) atoms. The average Bonchev–Trinajstić information content (AvgIpc) is 2.29. The average molecular weight is 218 g/mol. The number of ether oxygens (including phenoxy) is 1. The summed E-state index contributed by atoms with van der Waals surface area (Å²) < 4.78 is 5.14. The lowest BCUT2D eigenvalue weighted by Crippen LogP contribution is -2.25. The van der Waals surface area contributed by atoms with Crippen LogP contribution >= 0.6 is 0 Å². The van der Waals surface area contributed by atoms with Gasteiger partial charge in [-0.3, -0.25) is 0 Å². The number of hydrogen-bond donors (Lipinski definition) is 1. The summed E-state index contributed by atoms with van der Waals surface area (Å²) in [4.78, 5) is 0. The van der Waals surface area contributed by atoms with E-state index in [-0.39, 0.29) is 6.04 Å².